The van der Waals surface area contributed by atoms with E-state index in [2.05, 4.69) is 11.8 Å². The van der Waals surface area contributed by atoms with Crippen LogP contribution in [0.1, 0.15) is 19.8 Å². The minimum atomic E-state index is 0.946. The second-order valence-corrected chi connectivity index (χ2v) is 4.23. The first-order chi connectivity index (χ1) is 5.86. The number of hydrogen-bond donors (Lipinski definition) is 0. The molecule has 0 aromatic rings. The molecule has 0 spiro atoms. The van der Waals surface area contributed by atoms with Crippen molar-refractivity contribution in [3.05, 3.63) is 0 Å². The summed E-state index contributed by atoms with van der Waals surface area (Å²) in [5, 5.41) is 0. The van der Waals surface area contributed by atoms with Crippen molar-refractivity contribution in [3.8, 4) is 0 Å². The zero-order valence-corrected chi connectivity index (χ0v) is 7.96. The summed E-state index contributed by atoms with van der Waals surface area (Å²) < 4.78 is 5.32. The molecule has 2 atom stereocenters. The predicted molar refractivity (Wildman–Crippen MR) is 49.1 cm³/mol. The monoisotopic (exact) mass is 169 g/mol. The van der Waals surface area contributed by atoms with E-state index in [0.717, 1.165) is 38.1 Å². The highest BCUT2D eigenvalue weighted by atomic mass is 16.5. The average molecular weight is 169 g/mol. The molecule has 12 heavy (non-hydrogen) atoms. The maximum absolute atomic E-state index is 5.32. The Morgan fingerprint density at radius 1 is 1.25 bits per heavy atom. The highest BCUT2D eigenvalue weighted by molar-refractivity contribution is 4.80. The van der Waals surface area contributed by atoms with Crippen molar-refractivity contribution in [2.45, 2.75) is 19.8 Å². The molecule has 0 radical (unpaired) electrons. The molecular weight excluding hydrogens is 150 g/mol. The third kappa shape index (κ3) is 1.80. The van der Waals surface area contributed by atoms with E-state index in [1.807, 2.05) is 0 Å². The number of morpholine rings is 1. The highest BCUT2D eigenvalue weighted by Crippen LogP contribution is 2.34. The van der Waals surface area contributed by atoms with Crippen LogP contribution in [-0.2, 0) is 4.74 Å². The van der Waals surface area contributed by atoms with Gasteiger partial charge in [-0.1, -0.05) is 13.3 Å². The first-order valence-corrected chi connectivity index (χ1v) is 5.16. The summed E-state index contributed by atoms with van der Waals surface area (Å²) in [7, 11) is 0. The van der Waals surface area contributed by atoms with E-state index in [4.69, 9.17) is 4.74 Å². The van der Waals surface area contributed by atoms with E-state index < -0.39 is 0 Å². The number of hydrogen-bond acceptors (Lipinski definition) is 2. The Balaban J connectivity index is 1.70. The van der Waals surface area contributed by atoms with Gasteiger partial charge in [-0.15, -0.1) is 0 Å². The lowest BCUT2D eigenvalue weighted by atomic mass is 9.75. The Kier molecular flexibility index (Phi) is 2.66. The molecule has 1 saturated heterocycles. The molecule has 2 rings (SSSR count). The average Bonchev–Trinajstić information content (AvgIpc) is 2.14. The molecule has 2 aliphatic rings. The van der Waals surface area contributed by atoms with Gasteiger partial charge < -0.3 is 4.74 Å². The van der Waals surface area contributed by atoms with Gasteiger partial charge in [0.05, 0.1) is 13.2 Å². The Bertz CT molecular complexity index is 143. The van der Waals surface area contributed by atoms with Crippen molar-refractivity contribution in [2.24, 2.45) is 11.8 Å². The van der Waals surface area contributed by atoms with Gasteiger partial charge in [-0.3, -0.25) is 4.90 Å². The fraction of sp³-hybridized carbons (Fsp3) is 1.00. The summed E-state index contributed by atoms with van der Waals surface area (Å²) in [6, 6.07) is 0. The van der Waals surface area contributed by atoms with Crippen molar-refractivity contribution >= 4 is 0 Å². The molecular formula is C10H19NO. The van der Waals surface area contributed by atoms with E-state index in [9.17, 15) is 0 Å². The number of nitrogens with zero attached hydrogens (tertiary/aromatic N) is 1. The van der Waals surface area contributed by atoms with E-state index >= 15 is 0 Å². The molecule has 2 heteroatoms. The third-order valence-electron chi connectivity index (χ3n) is 3.39. The van der Waals surface area contributed by atoms with Gasteiger partial charge in [0.1, 0.15) is 0 Å². The summed E-state index contributed by atoms with van der Waals surface area (Å²) in [4.78, 5) is 2.56. The van der Waals surface area contributed by atoms with E-state index in [-0.39, 0.29) is 0 Å². The zero-order chi connectivity index (χ0) is 8.39. The molecule has 1 saturated carbocycles. The molecule has 0 amide bonds. The van der Waals surface area contributed by atoms with E-state index in [0.29, 0.717) is 0 Å². The van der Waals surface area contributed by atoms with Crippen molar-refractivity contribution in [1.82, 2.24) is 4.90 Å². The second kappa shape index (κ2) is 3.75. The summed E-state index contributed by atoms with van der Waals surface area (Å²) in [5.41, 5.74) is 0. The molecule has 1 aliphatic heterocycles. The van der Waals surface area contributed by atoms with Gasteiger partial charge >= 0.3 is 0 Å². The molecule has 2 nitrogen and oxygen atoms in total. The minimum Gasteiger partial charge on any atom is -0.379 e. The SMILES string of the molecule is CC1CCC1CN1CCOCC1. The normalized spacial score (nSPS) is 37.8. The number of ether oxygens (including phenoxy) is 1. The van der Waals surface area contributed by atoms with Crippen LogP contribution in [0.2, 0.25) is 0 Å². The quantitative estimate of drug-likeness (QED) is 0.619. The van der Waals surface area contributed by atoms with Crippen LogP contribution in [0.3, 0.4) is 0 Å². The van der Waals surface area contributed by atoms with Gasteiger partial charge in [-0.2, -0.15) is 0 Å². The maximum atomic E-state index is 5.32. The molecule has 0 aromatic carbocycles. The summed E-state index contributed by atoms with van der Waals surface area (Å²) in [5.74, 6) is 1.97. The molecule has 1 aliphatic carbocycles. The van der Waals surface area contributed by atoms with Crippen molar-refractivity contribution in [3.63, 3.8) is 0 Å². The third-order valence-corrected chi connectivity index (χ3v) is 3.39. The van der Waals surface area contributed by atoms with Gasteiger partial charge in [0.25, 0.3) is 0 Å². The molecule has 1 heterocycles. The van der Waals surface area contributed by atoms with Crippen LogP contribution in [0.15, 0.2) is 0 Å². The largest absolute Gasteiger partial charge is 0.379 e. The van der Waals surface area contributed by atoms with Crippen molar-refractivity contribution in [1.29, 1.82) is 0 Å². The fourth-order valence-electron chi connectivity index (χ4n) is 2.12. The molecule has 2 fully saturated rings. The predicted octanol–water partition coefficient (Wildman–Crippen LogP) is 1.36. The molecule has 70 valence electrons. The number of rotatable bonds is 2. The van der Waals surface area contributed by atoms with Crippen LogP contribution < -0.4 is 0 Å². The Morgan fingerprint density at radius 3 is 2.50 bits per heavy atom. The molecule has 0 aromatic heterocycles. The molecule has 0 N–H and O–H groups in total. The zero-order valence-electron chi connectivity index (χ0n) is 7.96. The van der Waals surface area contributed by atoms with Crippen molar-refractivity contribution in [2.75, 3.05) is 32.8 Å². The van der Waals surface area contributed by atoms with Crippen LogP contribution >= 0.6 is 0 Å². The lowest BCUT2D eigenvalue weighted by Crippen LogP contribution is -2.42. The van der Waals surface area contributed by atoms with Gasteiger partial charge in [0, 0.05) is 19.6 Å². The smallest absolute Gasteiger partial charge is 0.0594 e. The van der Waals surface area contributed by atoms with Gasteiger partial charge in [-0.25, -0.2) is 0 Å². The van der Waals surface area contributed by atoms with Gasteiger partial charge in [0.15, 0.2) is 0 Å². The summed E-state index contributed by atoms with van der Waals surface area (Å²) >= 11 is 0. The van der Waals surface area contributed by atoms with Gasteiger partial charge in [0.2, 0.25) is 0 Å². The first kappa shape index (κ1) is 8.52. The fourth-order valence-corrected chi connectivity index (χ4v) is 2.12. The second-order valence-electron chi connectivity index (χ2n) is 4.23. The molecule has 2 unspecified atom stereocenters. The Hall–Kier alpha value is -0.0800. The van der Waals surface area contributed by atoms with Crippen LogP contribution in [0.4, 0.5) is 0 Å². The molecule has 0 bridgehead atoms. The lowest BCUT2D eigenvalue weighted by Gasteiger charge is -2.39. The maximum Gasteiger partial charge on any atom is 0.0594 e. The van der Waals surface area contributed by atoms with E-state index in [1.54, 1.807) is 0 Å². The summed E-state index contributed by atoms with van der Waals surface area (Å²) in [6.45, 7) is 7.91. The highest BCUT2D eigenvalue weighted by Gasteiger charge is 2.28. The van der Waals surface area contributed by atoms with Crippen molar-refractivity contribution < 1.29 is 4.74 Å². The van der Waals surface area contributed by atoms with Crippen LogP contribution in [-0.4, -0.2) is 37.7 Å². The topological polar surface area (TPSA) is 12.5 Å². The minimum absolute atomic E-state index is 0.946. The summed E-state index contributed by atoms with van der Waals surface area (Å²) in [6.07, 6.45) is 2.91. The lowest BCUT2D eigenvalue weighted by molar-refractivity contribution is 0.0148. The van der Waals surface area contributed by atoms with Gasteiger partial charge in [-0.05, 0) is 18.3 Å². The first-order valence-electron chi connectivity index (χ1n) is 5.16. The van der Waals surface area contributed by atoms with Crippen LogP contribution in [0, 0.1) is 11.8 Å². The van der Waals surface area contributed by atoms with Crippen LogP contribution in [0.25, 0.3) is 0 Å². The Morgan fingerprint density at radius 2 is 2.00 bits per heavy atom. The standard InChI is InChI=1S/C10H19NO/c1-9-2-3-10(9)8-11-4-6-12-7-5-11/h9-10H,2-8H2,1H3. The Labute approximate surface area is 74.9 Å². The van der Waals surface area contributed by atoms with Crippen LogP contribution in [0.5, 0.6) is 0 Å². The van der Waals surface area contributed by atoms with E-state index in [1.165, 1.54) is 19.4 Å².